The smallest absolute Gasteiger partial charge is 0.141 e. The van der Waals surface area contributed by atoms with Gasteiger partial charge >= 0.3 is 0 Å². The van der Waals surface area contributed by atoms with Gasteiger partial charge in [-0.15, -0.1) is 0 Å². The van der Waals surface area contributed by atoms with Crippen molar-refractivity contribution in [2.45, 2.75) is 51.6 Å². The average Bonchev–Trinajstić information content (AvgIpc) is 3.23. The second-order valence-corrected chi connectivity index (χ2v) is 6.91. The standard InChI is InChI=1S/C19H25N3O2/c1-13-19(14(2)24-21-13)15-5-6-17(20-12-15)18-4-3-9-22(18)16-7-10-23-11-8-16/h5-6,12,16,18H,3-4,7-11H2,1-2H3. The number of pyridine rings is 1. The molecule has 4 rings (SSSR count). The fraction of sp³-hybridized carbons (Fsp3) is 0.579. The summed E-state index contributed by atoms with van der Waals surface area (Å²) in [6.07, 6.45) is 6.73. The summed E-state index contributed by atoms with van der Waals surface area (Å²) in [6, 6.07) is 5.45. The van der Waals surface area contributed by atoms with Crippen LogP contribution in [0.15, 0.2) is 22.9 Å². The molecule has 2 saturated heterocycles. The summed E-state index contributed by atoms with van der Waals surface area (Å²) < 4.78 is 10.8. The molecule has 0 saturated carbocycles. The number of hydrogen-bond acceptors (Lipinski definition) is 5. The van der Waals surface area contributed by atoms with Gasteiger partial charge in [-0.3, -0.25) is 9.88 Å². The van der Waals surface area contributed by atoms with Crippen LogP contribution < -0.4 is 0 Å². The molecule has 2 aromatic rings. The van der Waals surface area contributed by atoms with E-state index in [-0.39, 0.29) is 0 Å². The first-order valence-corrected chi connectivity index (χ1v) is 8.96. The molecule has 128 valence electrons. The van der Waals surface area contributed by atoms with Gasteiger partial charge in [0.15, 0.2) is 0 Å². The lowest BCUT2D eigenvalue weighted by molar-refractivity contribution is 0.0285. The van der Waals surface area contributed by atoms with Gasteiger partial charge < -0.3 is 9.26 Å². The third kappa shape index (κ3) is 2.87. The molecule has 2 aromatic heterocycles. The van der Waals surface area contributed by atoms with Gasteiger partial charge in [0.2, 0.25) is 0 Å². The van der Waals surface area contributed by atoms with E-state index in [1.807, 2.05) is 20.0 Å². The Balaban J connectivity index is 1.56. The fourth-order valence-electron chi connectivity index (χ4n) is 4.21. The minimum atomic E-state index is 0.451. The maximum absolute atomic E-state index is 5.52. The Kier molecular flexibility index (Phi) is 4.37. The largest absolute Gasteiger partial charge is 0.381 e. The molecule has 0 N–H and O–H groups in total. The minimum Gasteiger partial charge on any atom is -0.381 e. The zero-order valence-corrected chi connectivity index (χ0v) is 14.5. The van der Waals surface area contributed by atoms with Crippen molar-refractivity contribution in [1.29, 1.82) is 0 Å². The van der Waals surface area contributed by atoms with E-state index < -0.39 is 0 Å². The van der Waals surface area contributed by atoms with Gasteiger partial charge in [0, 0.05) is 36.6 Å². The molecule has 4 heterocycles. The van der Waals surface area contributed by atoms with Gasteiger partial charge in [-0.1, -0.05) is 11.2 Å². The summed E-state index contributed by atoms with van der Waals surface area (Å²) in [5, 5.41) is 4.04. The summed E-state index contributed by atoms with van der Waals surface area (Å²) in [5.41, 5.74) is 4.27. The quantitative estimate of drug-likeness (QED) is 0.861. The normalized spacial score (nSPS) is 23.0. The van der Waals surface area contributed by atoms with E-state index in [9.17, 15) is 0 Å². The highest BCUT2D eigenvalue weighted by Crippen LogP contribution is 2.36. The molecule has 2 aliphatic heterocycles. The highest BCUT2D eigenvalue weighted by Gasteiger charge is 2.33. The predicted octanol–water partition coefficient (Wildman–Crippen LogP) is 3.67. The van der Waals surface area contributed by atoms with Crippen molar-refractivity contribution in [1.82, 2.24) is 15.0 Å². The Bertz CT molecular complexity index is 670. The maximum atomic E-state index is 5.52. The van der Waals surface area contributed by atoms with E-state index in [4.69, 9.17) is 14.2 Å². The number of aromatic nitrogens is 2. The molecule has 0 radical (unpaired) electrons. The lowest BCUT2D eigenvalue weighted by Crippen LogP contribution is -2.39. The Morgan fingerprint density at radius 3 is 2.62 bits per heavy atom. The number of likely N-dealkylation sites (tertiary alicyclic amines) is 1. The molecular formula is C19H25N3O2. The molecule has 24 heavy (non-hydrogen) atoms. The molecule has 2 aliphatic rings. The van der Waals surface area contributed by atoms with Gasteiger partial charge in [0.1, 0.15) is 5.76 Å². The fourth-order valence-corrected chi connectivity index (χ4v) is 4.21. The second kappa shape index (κ2) is 6.65. The number of rotatable bonds is 3. The molecule has 0 aliphatic carbocycles. The number of aryl methyl sites for hydroxylation is 2. The SMILES string of the molecule is Cc1noc(C)c1-c1ccc(C2CCCN2C2CCOCC2)nc1. The third-order valence-corrected chi connectivity index (χ3v) is 5.40. The minimum absolute atomic E-state index is 0.451. The van der Waals surface area contributed by atoms with E-state index in [1.54, 1.807) is 0 Å². The van der Waals surface area contributed by atoms with Crippen molar-refractivity contribution in [2.24, 2.45) is 0 Å². The lowest BCUT2D eigenvalue weighted by Gasteiger charge is -2.35. The van der Waals surface area contributed by atoms with Crippen molar-refractivity contribution in [3.63, 3.8) is 0 Å². The van der Waals surface area contributed by atoms with Gasteiger partial charge in [-0.25, -0.2) is 0 Å². The van der Waals surface area contributed by atoms with Crippen LogP contribution in [0.4, 0.5) is 0 Å². The highest BCUT2D eigenvalue weighted by molar-refractivity contribution is 5.66. The number of nitrogens with zero attached hydrogens (tertiary/aromatic N) is 3. The van der Waals surface area contributed by atoms with Crippen molar-refractivity contribution in [3.8, 4) is 11.1 Å². The van der Waals surface area contributed by atoms with Crippen molar-refractivity contribution in [2.75, 3.05) is 19.8 Å². The van der Waals surface area contributed by atoms with E-state index in [0.29, 0.717) is 12.1 Å². The van der Waals surface area contributed by atoms with E-state index in [2.05, 4.69) is 22.2 Å². The zero-order valence-electron chi connectivity index (χ0n) is 14.5. The van der Waals surface area contributed by atoms with Gasteiger partial charge in [-0.2, -0.15) is 0 Å². The van der Waals surface area contributed by atoms with Crippen LogP contribution in [0.2, 0.25) is 0 Å². The van der Waals surface area contributed by atoms with Crippen LogP contribution in [0.25, 0.3) is 11.1 Å². The van der Waals surface area contributed by atoms with Crippen LogP contribution in [0.1, 0.15) is 48.9 Å². The lowest BCUT2D eigenvalue weighted by atomic mass is 10.0. The summed E-state index contributed by atoms with van der Waals surface area (Å²) in [4.78, 5) is 7.45. The number of ether oxygens (including phenoxy) is 1. The maximum Gasteiger partial charge on any atom is 0.141 e. The van der Waals surface area contributed by atoms with Crippen molar-refractivity contribution in [3.05, 3.63) is 35.5 Å². The van der Waals surface area contributed by atoms with Crippen LogP contribution >= 0.6 is 0 Å². The molecule has 0 amide bonds. The van der Waals surface area contributed by atoms with Crippen LogP contribution in [0, 0.1) is 13.8 Å². The summed E-state index contributed by atoms with van der Waals surface area (Å²) >= 11 is 0. The Hall–Kier alpha value is -1.72. The van der Waals surface area contributed by atoms with Crippen LogP contribution in [0.3, 0.4) is 0 Å². The first-order chi connectivity index (χ1) is 11.7. The van der Waals surface area contributed by atoms with Gasteiger partial charge in [0.05, 0.1) is 17.4 Å². The first-order valence-electron chi connectivity index (χ1n) is 8.96. The van der Waals surface area contributed by atoms with E-state index >= 15 is 0 Å². The van der Waals surface area contributed by atoms with Crippen LogP contribution in [-0.2, 0) is 4.74 Å². The Morgan fingerprint density at radius 2 is 1.96 bits per heavy atom. The molecule has 5 nitrogen and oxygen atoms in total. The Labute approximate surface area is 143 Å². The number of hydrogen-bond donors (Lipinski definition) is 0. The molecular weight excluding hydrogens is 302 g/mol. The Morgan fingerprint density at radius 1 is 1.12 bits per heavy atom. The van der Waals surface area contributed by atoms with Crippen LogP contribution in [-0.4, -0.2) is 40.8 Å². The van der Waals surface area contributed by atoms with Crippen LogP contribution in [0.5, 0.6) is 0 Å². The summed E-state index contributed by atoms with van der Waals surface area (Å²) in [7, 11) is 0. The van der Waals surface area contributed by atoms with E-state index in [0.717, 1.165) is 48.6 Å². The molecule has 1 unspecified atom stereocenters. The monoisotopic (exact) mass is 327 g/mol. The summed E-state index contributed by atoms with van der Waals surface area (Å²) in [6.45, 7) is 6.90. The summed E-state index contributed by atoms with van der Waals surface area (Å²) in [5.74, 6) is 0.853. The highest BCUT2D eigenvalue weighted by atomic mass is 16.5. The van der Waals surface area contributed by atoms with Crippen molar-refractivity contribution < 1.29 is 9.26 Å². The molecule has 1 atom stereocenters. The second-order valence-electron chi connectivity index (χ2n) is 6.91. The van der Waals surface area contributed by atoms with Crippen molar-refractivity contribution >= 4 is 0 Å². The van der Waals surface area contributed by atoms with E-state index in [1.165, 1.54) is 25.1 Å². The van der Waals surface area contributed by atoms with Gasteiger partial charge in [-0.05, 0) is 52.1 Å². The predicted molar refractivity (Wildman–Crippen MR) is 91.7 cm³/mol. The third-order valence-electron chi connectivity index (χ3n) is 5.40. The molecule has 0 spiro atoms. The topological polar surface area (TPSA) is 51.4 Å². The van der Waals surface area contributed by atoms with Gasteiger partial charge in [0.25, 0.3) is 0 Å². The molecule has 5 heteroatoms. The molecule has 0 bridgehead atoms. The zero-order chi connectivity index (χ0) is 16.5. The average molecular weight is 327 g/mol. The first kappa shape index (κ1) is 15.8. The molecule has 0 aromatic carbocycles. The molecule has 2 fully saturated rings.